The van der Waals surface area contributed by atoms with Gasteiger partial charge in [-0.05, 0) is 29.6 Å². The van der Waals surface area contributed by atoms with Crippen molar-refractivity contribution < 1.29 is 13.2 Å². The van der Waals surface area contributed by atoms with E-state index in [1.807, 2.05) is 17.5 Å². The first-order valence-corrected chi connectivity index (χ1v) is 6.48. The third-order valence-corrected chi connectivity index (χ3v) is 3.66. The van der Waals surface area contributed by atoms with Gasteiger partial charge in [0.05, 0.1) is 16.6 Å². The second-order valence-electron chi connectivity index (χ2n) is 4.17. The molecule has 0 bridgehead atoms. The minimum absolute atomic E-state index is 0.418. The maximum absolute atomic E-state index is 12.6. The molecule has 0 spiro atoms. The molecule has 0 saturated heterocycles. The lowest BCUT2D eigenvalue weighted by Crippen LogP contribution is -2.04. The Morgan fingerprint density at radius 3 is 2.74 bits per heavy atom. The second kappa shape index (κ2) is 4.38. The van der Waals surface area contributed by atoms with Gasteiger partial charge in [0.1, 0.15) is 5.82 Å². The third-order valence-electron chi connectivity index (χ3n) is 2.78. The van der Waals surface area contributed by atoms with Gasteiger partial charge in [-0.25, -0.2) is 4.98 Å². The summed E-state index contributed by atoms with van der Waals surface area (Å²) in [7, 11) is 0. The van der Waals surface area contributed by atoms with Crippen LogP contribution in [0.5, 0.6) is 0 Å². The summed E-state index contributed by atoms with van der Waals surface area (Å²) in [6, 6.07) is 7.45. The van der Waals surface area contributed by atoms with Crippen molar-refractivity contribution in [1.29, 1.82) is 0 Å². The number of halogens is 3. The van der Waals surface area contributed by atoms with Crippen LogP contribution in [0.2, 0.25) is 0 Å². The maximum Gasteiger partial charge on any atom is 0.416 e. The number of H-pyrrole nitrogens is 1. The zero-order chi connectivity index (χ0) is 13.5. The van der Waals surface area contributed by atoms with Crippen molar-refractivity contribution in [3.8, 4) is 0 Å². The Balaban J connectivity index is 1.97. The molecular weight excluding hydrogens is 273 g/mol. The molecule has 0 aliphatic heterocycles. The molecule has 0 saturated carbocycles. The average molecular weight is 282 g/mol. The highest BCUT2D eigenvalue weighted by Crippen LogP contribution is 2.31. The van der Waals surface area contributed by atoms with Crippen LogP contribution in [0.3, 0.4) is 0 Å². The number of hydrogen-bond donors (Lipinski definition) is 1. The number of alkyl halides is 3. The Bertz CT molecular complexity index is 698. The molecule has 6 heteroatoms. The fourth-order valence-corrected chi connectivity index (χ4v) is 2.61. The van der Waals surface area contributed by atoms with Gasteiger partial charge < -0.3 is 4.98 Å². The van der Waals surface area contributed by atoms with Gasteiger partial charge in [0.15, 0.2) is 0 Å². The van der Waals surface area contributed by atoms with E-state index in [1.54, 1.807) is 11.3 Å². The molecule has 0 aliphatic carbocycles. The summed E-state index contributed by atoms with van der Waals surface area (Å²) in [5, 5.41) is 1.96. The van der Waals surface area contributed by atoms with Crippen LogP contribution >= 0.6 is 11.3 Å². The predicted octanol–water partition coefficient (Wildman–Crippen LogP) is 4.23. The highest BCUT2D eigenvalue weighted by molar-refractivity contribution is 7.09. The van der Waals surface area contributed by atoms with Gasteiger partial charge in [-0.2, -0.15) is 13.2 Å². The van der Waals surface area contributed by atoms with E-state index in [0.29, 0.717) is 23.3 Å². The summed E-state index contributed by atoms with van der Waals surface area (Å²) in [4.78, 5) is 8.36. The molecular formula is C13H9F3N2S. The van der Waals surface area contributed by atoms with Gasteiger partial charge in [-0.15, -0.1) is 11.3 Å². The van der Waals surface area contributed by atoms with E-state index in [1.165, 1.54) is 6.07 Å². The van der Waals surface area contributed by atoms with E-state index in [2.05, 4.69) is 9.97 Å². The van der Waals surface area contributed by atoms with Crippen molar-refractivity contribution >= 4 is 22.4 Å². The number of imidazole rings is 1. The molecule has 2 heterocycles. The van der Waals surface area contributed by atoms with Crippen LogP contribution in [0.1, 0.15) is 16.3 Å². The van der Waals surface area contributed by atoms with E-state index in [-0.39, 0.29) is 0 Å². The van der Waals surface area contributed by atoms with E-state index < -0.39 is 11.7 Å². The molecule has 0 radical (unpaired) electrons. The number of benzene rings is 1. The number of fused-ring (bicyclic) bond motifs is 1. The van der Waals surface area contributed by atoms with Gasteiger partial charge in [0.2, 0.25) is 0 Å². The summed E-state index contributed by atoms with van der Waals surface area (Å²) in [6.07, 6.45) is -3.72. The van der Waals surface area contributed by atoms with Crippen molar-refractivity contribution in [3.05, 3.63) is 52.0 Å². The lowest BCUT2D eigenvalue weighted by Gasteiger charge is -2.05. The number of nitrogens with zero attached hydrogens (tertiary/aromatic N) is 1. The Kier molecular flexibility index (Phi) is 2.82. The van der Waals surface area contributed by atoms with Gasteiger partial charge in [-0.1, -0.05) is 6.07 Å². The lowest BCUT2D eigenvalue weighted by atomic mass is 10.2. The van der Waals surface area contributed by atoms with Crippen molar-refractivity contribution in [2.45, 2.75) is 12.6 Å². The Morgan fingerprint density at radius 2 is 2.05 bits per heavy atom. The molecule has 1 aromatic carbocycles. The normalized spacial score (nSPS) is 12.2. The van der Waals surface area contributed by atoms with Crippen LogP contribution in [0.15, 0.2) is 35.7 Å². The molecule has 1 N–H and O–H groups in total. The van der Waals surface area contributed by atoms with Crippen LogP contribution in [0, 0.1) is 0 Å². The van der Waals surface area contributed by atoms with E-state index in [4.69, 9.17) is 0 Å². The Hall–Kier alpha value is -1.82. The van der Waals surface area contributed by atoms with Crippen LogP contribution in [0.4, 0.5) is 13.2 Å². The number of aromatic amines is 1. The molecule has 0 fully saturated rings. The quantitative estimate of drug-likeness (QED) is 0.748. The Morgan fingerprint density at radius 1 is 1.21 bits per heavy atom. The van der Waals surface area contributed by atoms with Crippen LogP contribution in [0.25, 0.3) is 11.0 Å². The van der Waals surface area contributed by atoms with E-state index in [0.717, 1.165) is 17.0 Å². The first kappa shape index (κ1) is 12.2. The summed E-state index contributed by atoms with van der Waals surface area (Å²) in [5.41, 5.74) is 0.312. The van der Waals surface area contributed by atoms with Gasteiger partial charge in [0.25, 0.3) is 0 Å². The standard InChI is InChI=1S/C13H9F3N2S/c14-13(15,16)8-3-4-10-11(6-8)18-12(17-10)7-9-2-1-5-19-9/h1-6H,7H2,(H,17,18). The maximum atomic E-state index is 12.6. The largest absolute Gasteiger partial charge is 0.416 e. The van der Waals surface area contributed by atoms with Crippen molar-refractivity contribution in [1.82, 2.24) is 9.97 Å². The SMILES string of the molecule is FC(F)(F)c1ccc2nc(Cc3cccs3)[nH]c2c1. The minimum Gasteiger partial charge on any atom is -0.342 e. The molecule has 3 rings (SSSR count). The number of aromatic nitrogens is 2. The smallest absolute Gasteiger partial charge is 0.342 e. The fraction of sp³-hybridized carbons (Fsp3) is 0.154. The van der Waals surface area contributed by atoms with Crippen molar-refractivity contribution in [3.63, 3.8) is 0 Å². The lowest BCUT2D eigenvalue weighted by molar-refractivity contribution is -0.137. The molecule has 2 nitrogen and oxygen atoms in total. The van der Waals surface area contributed by atoms with Crippen LogP contribution in [-0.2, 0) is 12.6 Å². The number of thiophene rings is 1. The topological polar surface area (TPSA) is 28.7 Å². The fourth-order valence-electron chi connectivity index (χ4n) is 1.90. The number of hydrogen-bond acceptors (Lipinski definition) is 2. The van der Waals surface area contributed by atoms with Crippen LogP contribution in [-0.4, -0.2) is 9.97 Å². The highest BCUT2D eigenvalue weighted by Gasteiger charge is 2.30. The zero-order valence-corrected chi connectivity index (χ0v) is 10.5. The zero-order valence-electron chi connectivity index (χ0n) is 9.66. The number of rotatable bonds is 2. The molecule has 19 heavy (non-hydrogen) atoms. The van der Waals surface area contributed by atoms with Gasteiger partial charge in [0, 0.05) is 11.3 Å². The van der Waals surface area contributed by atoms with Gasteiger partial charge >= 0.3 is 6.18 Å². The van der Waals surface area contributed by atoms with E-state index in [9.17, 15) is 13.2 Å². The second-order valence-corrected chi connectivity index (χ2v) is 5.20. The molecule has 0 amide bonds. The summed E-state index contributed by atoms with van der Waals surface area (Å²) in [6.45, 7) is 0. The third kappa shape index (κ3) is 2.49. The van der Waals surface area contributed by atoms with Crippen LogP contribution < -0.4 is 0 Å². The average Bonchev–Trinajstić information content (AvgIpc) is 2.95. The predicted molar refractivity (Wildman–Crippen MR) is 68.2 cm³/mol. The summed E-state index contributed by atoms with van der Waals surface area (Å²) < 4.78 is 37.8. The monoisotopic (exact) mass is 282 g/mol. The van der Waals surface area contributed by atoms with Gasteiger partial charge in [-0.3, -0.25) is 0 Å². The van der Waals surface area contributed by atoms with Crippen molar-refractivity contribution in [2.24, 2.45) is 0 Å². The first-order valence-electron chi connectivity index (χ1n) is 5.60. The molecule has 3 aromatic rings. The van der Waals surface area contributed by atoms with Crippen molar-refractivity contribution in [2.75, 3.05) is 0 Å². The van der Waals surface area contributed by atoms with E-state index >= 15 is 0 Å². The molecule has 0 unspecified atom stereocenters. The summed E-state index contributed by atoms with van der Waals surface area (Å²) in [5.74, 6) is 0.678. The minimum atomic E-state index is -4.33. The number of nitrogens with one attached hydrogen (secondary N) is 1. The Labute approximate surface area is 110 Å². The molecule has 0 aliphatic rings. The molecule has 2 aromatic heterocycles. The molecule has 98 valence electrons. The summed E-state index contributed by atoms with van der Waals surface area (Å²) >= 11 is 1.60. The molecule has 0 atom stereocenters. The highest BCUT2D eigenvalue weighted by atomic mass is 32.1. The first-order chi connectivity index (χ1) is 9.02.